The van der Waals surface area contributed by atoms with Crippen LogP contribution in [0.2, 0.25) is 0 Å². The summed E-state index contributed by atoms with van der Waals surface area (Å²) in [7, 11) is 0. The highest BCUT2D eigenvalue weighted by Gasteiger charge is 2.46. The molecule has 0 radical (unpaired) electrons. The third kappa shape index (κ3) is 1.63. The largest absolute Gasteiger partial charge is 0.0850 e. The van der Waals surface area contributed by atoms with E-state index < -0.39 is 0 Å². The number of rotatable bonds is 0. The topological polar surface area (TPSA) is 0 Å². The molecule has 0 nitrogen and oxygen atoms in total. The van der Waals surface area contributed by atoms with Crippen molar-refractivity contribution in [3.8, 4) is 0 Å². The number of hydrogen-bond acceptors (Lipinski definition) is 0. The van der Waals surface area contributed by atoms with Gasteiger partial charge in [0.1, 0.15) is 0 Å². The fourth-order valence-electron chi connectivity index (χ4n) is 5.93. The van der Waals surface area contributed by atoms with Gasteiger partial charge in [-0.25, -0.2) is 0 Å². The maximum atomic E-state index is 2.62. The van der Waals surface area contributed by atoms with Crippen LogP contribution in [0.4, 0.5) is 0 Å². The molecule has 0 amide bonds. The summed E-state index contributed by atoms with van der Waals surface area (Å²) in [5.74, 6) is 5.57. The number of hydrogen-bond donors (Lipinski definition) is 0. The van der Waals surface area contributed by atoms with Crippen molar-refractivity contribution < 1.29 is 0 Å². The Bertz CT molecular complexity index is 327. The van der Waals surface area contributed by atoms with Crippen molar-refractivity contribution in [3.63, 3.8) is 0 Å². The normalized spacial score (nSPS) is 48.9. The van der Waals surface area contributed by atoms with Crippen molar-refractivity contribution in [1.29, 1.82) is 0 Å². The monoisotopic (exact) mass is 230 g/mol. The highest BCUT2D eigenvalue weighted by molar-refractivity contribution is 5.16. The first-order valence-corrected chi connectivity index (χ1v) is 8.12. The molecule has 0 heterocycles. The van der Waals surface area contributed by atoms with Gasteiger partial charge in [-0.1, -0.05) is 24.5 Å². The molecule has 3 fully saturated rings. The molecule has 0 aromatic heterocycles. The molecular weight excluding hydrogens is 204 g/mol. The summed E-state index contributed by atoms with van der Waals surface area (Å²) in [6.07, 6.45) is 17.9. The summed E-state index contributed by atoms with van der Waals surface area (Å²) >= 11 is 0. The average molecular weight is 230 g/mol. The predicted molar refractivity (Wildman–Crippen MR) is 71.7 cm³/mol. The van der Waals surface area contributed by atoms with Crippen LogP contribution >= 0.6 is 0 Å². The van der Waals surface area contributed by atoms with Crippen molar-refractivity contribution in [2.24, 2.45) is 29.6 Å². The van der Waals surface area contributed by atoms with Crippen molar-refractivity contribution in [2.45, 2.75) is 64.2 Å². The van der Waals surface area contributed by atoms with E-state index in [1.54, 1.807) is 38.5 Å². The van der Waals surface area contributed by atoms with Crippen LogP contribution < -0.4 is 0 Å². The zero-order valence-electron chi connectivity index (χ0n) is 11.0. The van der Waals surface area contributed by atoms with Gasteiger partial charge in [0, 0.05) is 0 Å². The second kappa shape index (κ2) is 4.14. The van der Waals surface area contributed by atoms with Crippen molar-refractivity contribution in [2.75, 3.05) is 0 Å². The van der Waals surface area contributed by atoms with E-state index in [-0.39, 0.29) is 0 Å². The minimum atomic E-state index is 1.03. The molecule has 0 aliphatic heterocycles. The van der Waals surface area contributed by atoms with Crippen LogP contribution in [0.3, 0.4) is 0 Å². The van der Waals surface area contributed by atoms with E-state index in [2.05, 4.69) is 6.08 Å². The Balaban J connectivity index is 1.61. The van der Waals surface area contributed by atoms with Crippen molar-refractivity contribution in [3.05, 3.63) is 11.6 Å². The SMILES string of the molecule is C1=C2CC[C@H]3[C@@H]4CCC[C@H]4CC[C@@H]3[C@@H]2CCC1. The van der Waals surface area contributed by atoms with E-state index in [1.807, 2.05) is 5.57 Å². The number of allylic oxidation sites excluding steroid dienone is 2. The van der Waals surface area contributed by atoms with Gasteiger partial charge in [-0.2, -0.15) is 0 Å². The predicted octanol–water partition coefficient (Wildman–Crippen LogP) is 4.95. The van der Waals surface area contributed by atoms with Gasteiger partial charge in [-0.15, -0.1) is 0 Å². The van der Waals surface area contributed by atoms with Gasteiger partial charge in [0.05, 0.1) is 0 Å². The minimum Gasteiger partial charge on any atom is -0.0850 e. The van der Waals surface area contributed by atoms with Crippen LogP contribution in [0.5, 0.6) is 0 Å². The lowest BCUT2D eigenvalue weighted by Crippen LogP contribution is -2.40. The van der Waals surface area contributed by atoms with E-state index in [4.69, 9.17) is 0 Å². The van der Waals surface area contributed by atoms with Gasteiger partial charge in [0.15, 0.2) is 0 Å². The summed E-state index contributed by atoms with van der Waals surface area (Å²) in [6, 6.07) is 0. The quantitative estimate of drug-likeness (QED) is 0.517. The molecule has 0 heteroatoms. The summed E-state index contributed by atoms with van der Waals surface area (Å²) in [4.78, 5) is 0. The van der Waals surface area contributed by atoms with Gasteiger partial charge in [-0.05, 0) is 81.0 Å². The summed E-state index contributed by atoms with van der Waals surface area (Å²) < 4.78 is 0. The molecule has 0 aromatic carbocycles. The second-order valence-corrected chi connectivity index (χ2v) is 7.12. The highest BCUT2D eigenvalue weighted by Crippen LogP contribution is 2.56. The van der Waals surface area contributed by atoms with Crippen LogP contribution in [0.15, 0.2) is 11.6 Å². The fraction of sp³-hybridized carbons (Fsp3) is 0.882. The Morgan fingerprint density at radius 2 is 1.76 bits per heavy atom. The van der Waals surface area contributed by atoms with Crippen LogP contribution in [0.25, 0.3) is 0 Å². The molecule has 17 heavy (non-hydrogen) atoms. The molecule has 0 spiro atoms. The molecule has 0 bridgehead atoms. The first kappa shape index (κ1) is 10.6. The lowest BCUT2D eigenvalue weighted by Gasteiger charge is -2.49. The third-order valence-electron chi connectivity index (χ3n) is 6.57. The van der Waals surface area contributed by atoms with Crippen molar-refractivity contribution >= 4 is 0 Å². The molecular formula is C17H26. The summed E-state index contributed by atoms with van der Waals surface area (Å²) in [5.41, 5.74) is 1.88. The maximum absolute atomic E-state index is 2.62. The fourth-order valence-corrected chi connectivity index (χ4v) is 5.93. The Labute approximate surface area is 106 Å². The van der Waals surface area contributed by atoms with Gasteiger partial charge >= 0.3 is 0 Å². The van der Waals surface area contributed by atoms with Gasteiger partial charge in [0.2, 0.25) is 0 Å². The molecule has 5 atom stereocenters. The van der Waals surface area contributed by atoms with E-state index in [0.29, 0.717) is 0 Å². The van der Waals surface area contributed by atoms with Crippen LogP contribution in [-0.2, 0) is 0 Å². The Morgan fingerprint density at radius 1 is 0.765 bits per heavy atom. The highest BCUT2D eigenvalue weighted by atomic mass is 14.5. The Hall–Kier alpha value is -0.260. The van der Waals surface area contributed by atoms with E-state index in [1.165, 1.54) is 25.7 Å². The molecule has 0 unspecified atom stereocenters. The van der Waals surface area contributed by atoms with E-state index in [0.717, 1.165) is 29.6 Å². The molecule has 0 N–H and O–H groups in total. The zero-order chi connectivity index (χ0) is 11.2. The molecule has 0 aromatic rings. The van der Waals surface area contributed by atoms with Crippen LogP contribution in [0, 0.1) is 29.6 Å². The molecule has 4 aliphatic carbocycles. The second-order valence-electron chi connectivity index (χ2n) is 7.12. The molecule has 4 aliphatic rings. The lowest BCUT2D eigenvalue weighted by molar-refractivity contribution is 0.0490. The Morgan fingerprint density at radius 3 is 2.76 bits per heavy atom. The summed E-state index contributed by atoms with van der Waals surface area (Å²) in [6.45, 7) is 0. The standard InChI is InChI=1S/C17H26/c1-2-6-14-12(4-1)8-10-17-15-7-3-5-13(15)9-11-16(14)17/h4,13-17H,1-3,5-11H2/t13-,14+,15+,16+,17-/m0/s1. The smallest absolute Gasteiger partial charge is 0.0172 e. The average Bonchev–Trinajstić information content (AvgIpc) is 2.86. The van der Waals surface area contributed by atoms with Gasteiger partial charge in [0.25, 0.3) is 0 Å². The lowest BCUT2D eigenvalue weighted by atomic mass is 9.56. The van der Waals surface area contributed by atoms with Gasteiger partial charge < -0.3 is 0 Å². The molecule has 94 valence electrons. The van der Waals surface area contributed by atoms with Crippen molar-refractivity contribution in [1.82, 2.24) is 0 Å². The summed E-state index contributed by atoms with van der Waals surface area (Å²) in [5, 5.41) is 0. The van der Waals surface area contributed by atoms with Crippen LogP contribution in [0.1, 0.15) is 64.2 Å². The van der Waals surface area contributed by atoms with Gasteiger partial charge in [-0.3, -0.25) is 0 Å². The third-order valence-corrected chi connectivity index (χ3v) is 6.57. The maximum Gasteiger partial charge on any atom is -0.0172 e. The zero-order valence-corrected chi connectivity index (χ0v) is 11.0. The molecule has 4 rings (SSSR count). The Kier molecular flexibility index (Phi) is 2.59. The molecule has 0 saturated heterocycles. The first-order chi connectivity index (χ1) is 8.43. The van der Waals surface area contributed by atoms with Crippen LogP contribution in [-0.4, -0.2) is 0 Å². The molecule has 3 saturated carbocycles. The van der Waals surface area contributed by atoms with E-state index >= 15 is 0 Å². The minimum absolute atomic E-state index is 1.03. The first-order valence-electron chi connectivity index (χ1n) is 8.12. The number of fused-ring (bicyclic) bond motifs is 5. The van der Waals surface area contributed by atoms with E-state index in [9.17, 15) is 0 Å².